The number of fused-ring (bicyclic) bond motifs is 1. The van der Waals surface area contributed by atoms with Crippen molar-refractivity contribution in [3.05, 3.63) is 66.0 Å². The minimum absolute atomic E-state index is 0.601. The molecule has 0 amide bonds. The van der Waals surface area contributed by atoms with Gasteiger partial charge in [-0.3, -0.25) is 0 Å². The first-order chi connectivity index (χ1) is 11.2. The summed E-state index contributed by atoms with van der Waals surface area (Å²) in [6, 6.07) is 18.1. The molecule has 0 aliphatic heterocycles. The molecule has 23 heavy (non-hydrogen) atoms. The number of benzene rings is 2. The lowest BCUT2D eigenvalue weighted by Crippen LogP contribution is -2.09. The van der Waals surface area contributed by atoms with Gasteiger partial charge in [0.1, 0.15) is 12.2 Å². The maximum absolute atomic E-state index is 4.62. The normalized spacial score (nSPS) is 12.2. The fraction of sp³-hybridized carbons (Fsp3) is 0.167. The number of rotatable bonds is 5. The number of H-pyrrole nitrogens is 1. The quantitative estimate of drug-likeness (QED) is 0.447. The Balaban J connectivity index is 1.91. The average Bonchev–Trinajstić information content (AvgIpc) is 2.97. The maximum atomic E-state index is 4.62. The Morgan fingerprint density at radius 3 is 2.57 bits per heavy atom. The standard InChI is InChI=1S/C18H19N5/c1-23(2)13-19-22-17(14-8-4-3-5-9-14)12-18-20-15-10-6-7-11-16(15)21-18/h3-11,13H,12H2,1-2H3,(H,20,21). The number of nitrogens with zero attached hydrogens (tertiary/aromatic N) is 4. The van der Waals surface area contributed by atoms with E-state index in [1.165, 1.54) is 0 Å². The highest BCUT2D eigenvalue weighted by atomic mass is 15.3. The summed E-state index contributed by atoms with van der Waals surface area (Å²) in [4.78, 5) is 9.82. The lowest BCUT2D eigenvalue weighted by Gasteiger charge is -2.04. The number of hydrogen-bond acceptors (Lipinski definition) is 3. The van der Waals surface area contributed by atoms with E-state index in [9.17, 15) is 0 Å². The summed E-state index contributed by atoms with van der Waals surface area (Å²) in [5.74, 6) is 0.883. The lowest BCUT2D eigenvalue weighted by molar-refractivity contribution is 0.640. The summed E-state index contributed by atoms with van der Waals surface area (Å²) in [5.41, 5.74) is 3.92. The van der Waals surface area contributed by atoms with Crippen molar-refractivity contribution >= 4 is 23.1 Å². The molecule has 0 unspecified atom stereocenters. The highest BCUT2D eigenvalue weighted by molar-refractivity contribution is 6.01. The second kappa shape index (κ2) is 6.87. The second-order valence-corrected chi connectivity index (χ2v) is 5.48. The van der Waals surface area contributed by atoms with Crippen molar-refractivity contribution < 1.29 is 0 Å². The van der Waals surface area contributed by atoms with Crippen LogP contribution in [0.15, 0.2) is 64.8 Å². The Morgan fingerprint density at radius 1 is 1.09 bits per heavy atom. The van der Waals surface area contributed by atoms with Gasteiger partial charge in [0, 0.05) is 14.1 Å². The molecular formula is C18H19N5. The molecule has 1 heterocycles. The van der Waals surface area contributed by atoms with E-state index >= 15 is 0 Å². The van der Waals surface area contributed by atoms with Gasteiger partial charge >= 0.3 is 0 Å². The van der Waals surface area contributed by atoms with E-state index in [0.717, 1.165) is 28.1 Å². The van der Waals surface area contributed by atoms with E-state index in [4.69, 9.17) is 0 Å². The molecule has 3 aromatic rings. The number of para-hydroxylation sites is 2. The molecule has 0 radical (unpaired) electrons. The average molecular weight is 305 g/mol. The van der Waals surface area contributed by atoms with Crippen LogP contribution in [-0.4, -0.2) is 41.0 Å². The first-order valence-corrected chi connectivity index (χ1v) is 7.48. The predicted octanol–water partition coefficient (Wildman–Crippen LogP) is 3.10. The zero-order valence-corrected chi connectivity index (χ0v) is 13.3. The van der Waals surface area contributed by atoms with Crippen LogP contribution in [0.3, 0.4) is 0 Å². The van der Waals surface area contributed by atoms with Crippen molar-refractivity contribution in [3.8, 4) is 0 Å². The molecule has 0 atom stereocenters. The van der Waals surface area contributed by atoms with Crippen LogP contribution in [0.1, 0.15) is 11.4 Å². The monoisotopic (exact) mass is 305 g/mol. The maximum Gasteiger partial charge on any atom is 0.113 e. The Morgan fingerprint density at radius 2 is 1.83 bits per heavy atom. The van der Waals surface area contributed by atoms with Crippen LogP contribution in [0.4, 0.5) is 0 Å². The van der Waals surface area contributed by atoms with Gasteiger partial charge in [-0.05, 0) is 17.7 Å². The van der Waals surface area contributed by atoms with Gasteiger partial charge < -0.3 is 9.88 Å². The summed E-state index contributed by atoms with van der Waals surface area (Å²) in [7, 11) is 3.83. The summed E-state index contributed by atoms with van der Waals surface area (Å²) in [6.07, 6.45) is 2.28. The van der Waals surface area contributed by atoms with E-state index in [0.29, 0.717) is 6.42 Å². The topological polar surface area (TPSA) is 56.6 Å². The third-order valence-corrected chi connectivity index (χ3v) is 3.34. The molecule has 0 bridgehead atoms. The number of aromatic amines is 1. The van der Waals surface area contributed by atoms with Crippen LogP contribution < -0.4 is 0 Å². The molecule has 0 aliphatic carbocycles. The van der Waals surface area contributed by atoms with Crippen molar-refractivity contribution in [3.63, 3.8) is 0 Å². The Labute approximate surface area is 135 Å². The van der Waals surface area contributed by atoms with Crippen LogP contribution in [0.5, 0.6) is 0 Å². The van der Waals surface area contributed by atoms with Crippen molar-refractivity contribution in [1.82, 2.24) is 14.9 Å². The third-order valence-electron chi connectivity index (χ3n) is 3.34. The molecule has 0 saturated carbocycles. The molecule has 3 rings (SSSR count). The number of aromatic nitrogens is 2. The molecule has 0 saturated heterocycles. The van der Waals surface area contributed by atoms with Crippen molar-refractivity contribution in [1.29, 1.82) is 0 Å². The van der Waals surface area contributed by atoms with Crippen LogP contribution in [0, 0.1) is 0 Å². The number of nitrogens with one attached hydrogen (secondary N) is 1. The Hall–Kier alpha value is -2.95. The molecule has 5 nitrogen and oxygen atoms in total. The smallest absolute Gasteiger partial charge is 0.113 e. The summed E-state index contributed by atoms with van der Waals surface area (Å²) < 4.78 is 0. The summed E-state index contributed by atoms with van der Waals surface area (Å²) in [5, 5.41) is 8.53. The van der Waals surface area contributed by atoms with Gasteiger partial charge in [0.25, 0.3) is 0 Å². The van der Waals surface area contributed by atoms with Gasteiger partial charge in [-0.2, -0.15) is 5.10 Å². The Bertz CT molecular complexity index is 798. The number of hydrogen-bond donors (Lipinski definition) is 1. The highest BCUT2D eigenvalue weighted by Gasteiger charge is 2.09. The molecular weight excluding hydrogens is 286 g/mol. The molecule has 5 heteroatoms. The lowest BCUT2D eigenvalue weighted by atomic mass is 10.1. The zero-order valence-electron chi connectivity index (χ0n) is 13.3. The van der Waals surface area contributed by atoms with E-state index in [-0.39, 0.29) is 0 Å². The predicted molar refractivity (Wildman–Crippen MR) is 95.0 cm³/mol. The van der Waals surface area contributed by atoms with E-state index < -0.39 is 0 Å². The second-order valence-electron chi connectivity index (χ2n) is 5.48. The van der Waals surface area contributed by atoms with Crippen molar-refractivity contribution in [2.75, 3.05) is 14.1 Å². The molecule has 0 spiro atoms. The van der Waals surface area contributed by atoms with E-state index in [2.05, 4.69) is 20.2 Å². The van der Waals surface area contributed by atoms with Crippen molar-refractivity contribution in [2.24, 2.45) is 10.2 Å². The van der Waals surface area contributed by atoms with E-state index in [1.54, 1.807) is 6.34 Å². The van der Waals surface area contributed by atoms with E-state index in [1.807, 2.05) is 73.6 Å². The van der Waals surface area contributed by atoms with Gasteiger partial charge in [0.05, 0.1) is 23.2 Å². The van der Waals surface area contributed by atoms with Gasteiger partial charge in [-0.1, -0.05) is 42.5 Å². The van der Waals surface area contributed by atoms with Crippen LogP contribution in [0.2, 0.25) is 0 Å². The molecule has 0 aliphatic rings. The molecule has 116 valence electrons. The first kappa shape index (κ1) is 15.0. The number of imidazole rings is 1. The first-order valence-electron chi connectivity index (χ1n) is 7.48. The minimum atomic E-state index is 0.601. The fourth-order valence-electron chi connectivity index (χ4n) is 2.27. The molecule has 1 N–H and O–H groups in total. The van der Waals surface area contributed by atoms with Gasteiger partial charge in [-0.15, -0.1) is 5.10 Å². The fourth-order valence-corrected chi connectivity index (χ4v) is 2.27. The highest BCUT2D eigenvalue weighted by Crippen LogP contribution is 2.13. The Kier molecular flexibility index (Phi) is 4.47. The van der Waals surface area contributed by atoms with Gasteiger partial charge in [-0.25, -0.2) is 4.98 Å². The van der Waals surface area contributed by atoms with Crippen LogP contribution >= 0.6 is 0 Å². The summed E-state index contributed by atoms with van der Waals surface area (Å²) >= 11 is 0. The molecule has 0 fully saturated rings. The third kappa shape index (κ3) is 3.83. The van der Waals surface area contributed by atoms with Crippen LogP contribution in [-0.2, 0) is 6.42 Å². The van der Waals surface area contributed by atoms with Gasteiger partial charge in [0.15, 0.2) is 0 Å². The SMILES string of the molecule is CN(C)C=NN=C(Cc1nc2ccccc2[nH]1)c1ccccc1. The van der Waals surface area contributed by atoms with Gasteiger partial charge in [0.2, 0.25) is 0 Å². The molecule has 1 aromatic heterocycles. The van der Waals surface area contributed by atoms with Crippen molar-refractivity contribution in [2.45, 2.75) is 6.42 Å². The molecule has 2 aromatic carbocycles. The zero-order chi connectivity index (χ0) is 16.1. The van der Waals surface area contributed by atoms with Crippen LogP contribution in [0.25, 0.3) is 11.0 Å². The largest absolute Gasteiger partial charge is 0.367 e. The summed E-state index contributed by atoms with van der Waals surface area (Å²) in [6.45, 7) is 0. The minimum Gasteiger partial charge on any atom is -0.367 e.